The summed E-state index contributed by atoms with van der Waals surface area (Å²) in [5.41, 5.74) is 0.875. The smallest absolute Gasteiger partial charge is 0.550 e. The predicted molar refractivity (Wildman–Crippen MR) is 114 cm³/mol. The number of thioether (sulfide) groups is 2. The van der Waals surface area contributed by atoms with Gasteiger partial charge in [0.25, 0.3) is 5.79 Å². The first-order valence-corrected chi connectivity index (χ1v) is 11.3. The topological polar surface area (TPSA) is 116 Å². The fraction of sp³-hybridized carbons (Fsp3) is 0.318. The van der Waals surface area contributed by atoms with E-state index in [4.69, 9.17) is 9.47 Å². The molecule has 166 valence electrons. The average molecular weight is 509 g/mol. The van der Waals surface area contributed by atoms with Gasteiger partial charge in [-0.3, -0.25) is 4.79 Å². The van der Waals surface area contributed by atoms with E-state index in [9.17, 15) is 24.6 Å². The van der Waals surface area contributed by atoms with Crippen molar-refractivity contribution < 1.29 is 93.2 Å². The molecule has 0 unspecified atom stereocenters. The predicted octanol–water partition coefficient (Wildman–Crippen LogP) is -4.51. The number of carbonyl (C=O) groups excluding carboxylic acids is 3. The SMILES string of the molecule is COC(OC)(C(=O)c1ccc(SCCC(=O)[O-])cc1)c1ccc(SCCC(=O)[O-])cc1.[Na+].[Na+]. The summed E-state index contributed by atoms with van der Waals surface area (Å²) in [5.74, 6) is -3.47. The van der Waals surface area contributed by atoms with E-state index in [0.29, 0.717) is 22.6 Å². The maximum atomic E-state index is 13.3. The molecule has 0 bridgehead atoms. The molecule has 0 saturated heterocycles. The van der Waals surface area contributed by atoms with Gasteiger partial charge in [0, 0.05) is 58.6 Å². The van der Waals surface area contributed by atoms with Crippen LogP contribution in [0.5, 0.6) is 0 Å². The van der Waals surface area contributed by atoms with Gasteiger partial charge in [-0.1, -0.05) is 24.3 Å². The van der Waals surface area contributed by atoms with E-state index >= 15 is 0 Å². The number of methoxy groups -OCH3 is 2. The van der Waals surface area contributed by atoms with Crippen molar-refractivity contribution in [1.82, 2.24) is 0 Å². The van der Waals surface area contributed by atoms with Crippen molar-refractivity contribution in [3.8, 4) is 0 Å². The molecule has 0 heterocycles. The molecule has 0 spiro atoms. The summed E-state index contributed by atoms with van der Waals surface area (Å²) in [7, 11) is 2.77. The normalized spacial score (nSPS) is 10.6. The Kier molecular flexibility index (Phi) is 16.2. The Morgan fingerprint density at radius 3 is 1.52 bits per heavy atom. The fourth-order valence-corrected chi connectivity index (χ4v) is 4.47. The third kappa shape index (κ3) is 9.68. The third-order valence-corrected chi connectivity index (χ3v) is 6.40. The Bertz CT molecular complexity index is 902. The Hall–Kier alpha value is -0.330. The number of rotatable bonds is 13. The van der Waals surface area contributed by atoms with E-state index in [-0.39, 0.29) is 77.7 Å². The molecule has 0 aliphatic rings. The number of carboxylic acids is 2. The molecule has 2 rings (SSSR count). The molecule has 0 N–H and O–H groups in total. The van der Waals surface area contributed by atoms with Crippen molar-refractivity contribution in [2.24, 2.45) is 0 Å². The molecule has 0 aromatic heterocycles. The maximum Gasteiger partial charge on any atom is 1.00 e. The zero-order valence-electron chi connectivity index (χ0n) is 19.1. The van der Waals surface area contributed by atoms with E-state index < -0.39 is 17.7 Å². The van der Waals surface area contributed by atoms with E-state index in [2.05, 4.69) is 0 Å². The number of benzene rings is 2. The van der Waals surface area contributed by atoms with Gasteiger partial charge in [-0.2, -0.15) is 0 Å². The minimum Gasteiger partial charge on any atom is -0.550 e. The van der Waals surface area contributed by atoms with Gasteiger partial charge in [-0.05, 0) is 37.1 Å². The van der Waals surface area contributed by atoms with E-state index in [1.807, 2.05) is 0 Å². The number of ether oxygens (including phenoxy) is 2. The zero-order chi connectivity index (χ0) is 22.9. The first-order chi connectivity index (χ1) is 14.8. The van der Waals surface area contributed by atoms with Gasteiger partial charge in [0.05, 0.1) is 0 Å². The second-order valence-corrected chi connectivity index (χ2v) is 8.68. The Balaban J connectivity index is 0.00000512. The third-order valence-electron chi connectivity index (χ3n) is 4.37. The number of carboxylic acid groups (broad SMARTS) is 2. The van der Waals surface area contributed by atoms with Crippen molar-refractivity contribution in [3.63, 3.8) is 0 Å². The molecule has 0 saturated carbocycles. The van der Waals surface area contributed by atoms with Gasteiger partial charge in [0.1, 0.15) is 0 Å². The van der Waals surface area contributed by atoms with Crippen LogP contribution in [0.25, 0.3) is 0 Å². The van der Waals surface area contributed by atoms with Crippen LogP contribution >= 0.6 is 23.5 Å². The molecule has 11 heteroatoms. The standard InChI is InChI=1S/C22H24O7S2.2Na/c1-28-22(29-2,16-5-9-18(10-6-16)31-14-12-20(25)26)21(27)15-3-7-17(8-4-15)30-13-11-19(23)24;;/h3-10H,11-14H2,1-2H3,(H,23,24)(H,25,26);;/q;2*+1/p-2. The van der Waals surface area contributed by atoms with Crippen LogP contribution in [0.2, 0.25) is 0 Å². The van der Waals surface area contributed by atoms with Crippen molar-refractivity contribution in [1.29, 1.82) is 0 Å². The summed E-state index contributed by atoms with van der Waals surface area (Å²) in [6.45, 7) is 0. The molecule has 0 amide bonds. The Labute approximate surface area is 246 Å². The number of carbonyl (C=O) groups is 3. The minimum atomic E-state index is -1.64. The average Bonchev–Trinajstić information content (AvgIpc) is 2.76. The van der Waals surface area contributed by atoms with Crippen LogP contribution in [0.4, 0.5) is 0 Å². The van der Waals surface area contributed by atoms with Crippen LogP contribution in [-0.2, 0) is 24.8 Å². The number of ketones is 1. The molecule has 0 fully saturated rings. The second-order valence-electron chi connectivity index (χ2n) is 6.34. The summed E-state index contributed by atoms with van der Waals surface area (Å²) in [6, 6.07) is 13.7. The number of Topliss-reactive ketones (excluding diaryl/α,β-unsaturated/α-hetero) is 1. The molecule has 33 heavy (non-hydrogen) atoms. The maximum absolute atomic E-state index is 13.3. The van der Waals surface area contributed by atoms with Crippen molar-refractivity contribution in [2.45, 2.75) is 28.4 Å². The minimum absolute atomic E-state index is 0. The number of hydrogen-bond acceptors (Lipinski definition) is 9. The van der Waals surface area contributed by atoms with E-state index in [0.717, 1.165) is 9.79 Å². The van der Waals surface area contributed by atoms with Gasteiger partial charge >= 0.3 is 59.1 Å². The molecule has 2 aromatic rings. The van der Waals surface area contributed by atoms with Crippen molar-refractivity contribution >= 4 is 41.2 Å². The van der Waals surface area contributed by atoms with Crippen molar-refractivity contribution in [2.75, 3.05) is 25.7 Å². The van der Waals surface area contributed by atoms with E-state index in [1.165, 1.54) is 37.7 Å². The summed E-state index contributed by atoms with van der Waals surface area (Å²) >= 11 is 2.72. The quantitative estimate of drug-likeness (QED) is 0.114. The van der Waals surface area contributed by atoms with Gasteiger partial charge in [-0.25, -0.2) is 0 Å². The fourth-order valence-electron chi connectivity index (χ4n) is 2.80. The summed E-state index contributed by atoms with van der Waals surface area (Å²) in [6.07, 6.45) is -0.101. The molecule has 0 aliphatic heterocycles. The molecule has 7 nitrogen and oxygen atoms in total. The largest absolute Gasteiger partial charge is 1.00 e. The molecule has 0 radical (unpaired) electrons. The molecule has 0 aliphatic carbocycles. The van der Waals surface area contributed by atoms with Crippen LogP contribution in [0.3, 0.4) is 0 Å². The van der Waals surface area contributed by atoms with Gasteiger partial charge < -0.3 is 29.3 Å². The number of hydrogen-bond donors (Lipinski definition) is 0. The summed E-state index contributed by atoms with van der Waals surface area (Å²) < 4.78 is 11.0. The zero-order valence-corrected chi connectivity index (χ0v) is 24.8. The summed E-state index contributed by atoms with van der Waals surface area (Å²) in [4.78, 5) is 36.0. The van der Waals surface area contributed by atoms with E-state index in [1.54, 1.807) is 48.5 Å². The van der Waals surface area contributed by atoms with Crippen LogP contribution in [0.15, 0.2) is 58.3 Å². The monoisotopic (exact) mass is 508 g/mol. The van der Waals surface area contributed by atoms with Gasteiger partial charge in [0.2, 0.25) is 5.78 Å². The molecule has 0 atom stereocenters. The second kappa shape index (κ2) is 16.4. The Morgan fingerprint density at radius 1 is 0.758 bits per heavy atom. The molecular weight excluding hydrogens is 486 g/mol. The van der Waals surface area contributed by atoms with Crippen LogP contribution in [0.1, 0.15) is 28.8 Å². The van der Waals surface area contributed by atoms with Crippen molar-refractivity contribution in [3.05, 3.63) is 59.7 Å². The van der Waals surface area contributed by atoms with Gasteiger partial charge in [0.15, 0.2) is 0 Å². The number of aliphatic carboxylic acids is 2. The Morgan fingerprint density at radius 2 is 1.15 bits per heavy atom. The first-order valence-electron chi connectivity index (χ1n) is 9.33. The van der Waals surface area contributed by atoms with Gasteiger partial charge in [-0.15, -0.1) is 23.5 Å². The summed E-state index contributed by atoms with van der Waals surface area (Å²) in [5, 5.41) is 21.1. The van der Waals surface area contributed by atoms with Crippen LogP contribution < -0.4 is 69.3 Å². The van der Waals surface area contributed by atoms with Crippen LogP contribution in [0, 0.1) is 0 Å². The first kappa shape index (κ1) is 32.7. The van der Waals surface area contributed by atoms with Crippen LogP contribution in [-0.4, -0.2) is 43.4 Å². The molecular formula is C22H22Na2O7S2. The molecule has 2 aromatic carbocycles.